The van der Waals surface area contributed by atoms with E-state index < -0.39 is 17.6 Å². The molecule has 116 valence electrons. The van der Waals surface area contributed by atoms with E-state index in [-0.39, 0.29) is 16.9 Å². The Bertz CT molecular complexity index is 794. The standard InChI is InChI=1S/C18H13F2NO2/c1-2-3-4-12-5-7-14(15(19)9-12)18(22)23-17-8-6-13(11-21)10-16(17)20/h2,5-10H,1,3-4H2. The molecular formula is C18H13F2NO2. The normalized spacial score (nSPS) is 9.96. The number of hydrogen-bond acceptors (Lipinski definition) is 3. The Labute approximate surface area is 132 Å². The van der Waals surface area contributed by atoms with E-state index >= 15 is 0 Å². The van der Waals surface area contributed by atoms with Gasteiger partial charge in [0, 0.05) is 0 Å². The maximum absolute atomic E-state index is 14.0. The van der Waals surface area contributed by atoms with Gasteiger partial charge in [0.2, 0.25) is 0 Å². The van der Waals surface area contributed by atoms with Crippen molar-refractivity contribution in [3.8, 4) is 11.8 Å². The second-order valence-electron chi connectivity index (χ2n) is 4.79. The topological polar surface area (TPSA) is 50.1 Å². The number of nitrogens with zero attached hydrogens (tertiary/aromatic N) is 1. The van der Waals surface area contributed by atoms with Crippen molar-refractivity contribution in [3.63, 3.8) is 0 Å². The second kappa shape index (κ2) is 7.32. The summed E-state index contributed by atoms with van der Waals surface area (Å²) in [6.45, 7) is 3.59. The number of rotatable bonds is 5. The van der Waals surface area contributed by atoms with Crippen LogP contribution in [0.5, 0.6) is 5.75 Å². The number of esters is 1. The van der Waals surface area contributed by atoms with E-state index in [0.717, 1.165) is 17.7 Å². The first-order valence-electron chi connectivity index (χ1n) is 6.86. The van der Waals surface area contributed by atoms with E-state index in [9.17, 15) is 13.6 Å². The lowest BCUT2D eigenvalue weighted by Crippen LogP contribution is -2.12. The quantitative estimate of drug-likeness (QED) is 0.473. The minimum Gasteiger partial charge on any atom is -0.420 e. The van der Waals surface area contributed by atoms with E-state index in [1.807, 2.05) is 0 Å². The molecule has 0 aliphatic carbocycles. The summed E-state index contributed by atoms with van der Waals surface area (Å²) in [6.07, 6.45) is 3.02. The zero-order valence-corrected chi connectivity index (χ0v) is 12.2. The van der Waals surface area contributed by atoms with Gasteiger partial charge in [-0.05, 0) is 48.7 Å². The third-order valence-corrected chi connectivity index (χ3v) is 3.15. The molecule has 2 rings (SSSR count). The van der Waals surface area contributed by atoms with Crippen LogP contribution in [0.3, 0.4) is 0 Å². The van der Waals surface area contributed by atoms with Crippen LogP contribution < -0.4 is 4.74 Å². The van der Waals surface area contributed by atoms with Gasteiger partial charge in [0.1, 0.15) is 5.82 Å². The highest BCUT2D eigenvalue weighted by atomic mass is 19.1. The van der Waals surface area contributed by atoms with E-state index in [2.05, 4.69) is 6.58 Å². The molecule has 0 spiro atoms. The lowest BCUT2D eigenvalue weighted by molar-refractivity contribution is 0.0723. The van der Waals surface area contributed by atoms with Crippen molar-refractivity contribution in [1.29, 1.82) is 5.26 Å². The number of halogens is 2. The summed E-state index contributed by atoms with van der Waals surface area (Å²) in [5.41, 5.74) is 0.541. The molecule has 0 fully saturated rings. The van der Waals surface area contributed by atoms with E-state index in [1.54, 1.807) is 18.2 Å². The van der Waals surface area contributed by atoms with Crippen LogP contribution in [-0.4, -0.2) is 5.97 Å². The predicted molar refractivity (Wildman–Crippen MR) is 81.0 cm³/mol. The van der Waals surface area contributed by atoms with Gasteiger partial charge in [-0.2, -0.15) is 5.26 Å². The Morgan fingerprint density at radius 2 is 2.00 bits per heavy atom. The summed E-state index contributed by atoms with van der Waals surface area (Å²) >= 11 is 0. The highest BCUT2D eigenvalue weighted by molar-refractivity contribution is 5.91. The van der Waals surface area contributed by atoms with Gasteiger partial charge in [0.25, 0.3) is 0 Å². The molecule has 0 bridgehead atoms. The number of ether oxygens (including phenoxy) is 1. The molecule has 23 heavy (non-hydrogen) atoms. The second-order valence-corrected chi connectivity index (χ2v) is 4.79. The predicted octanol–water partition coefficient (Wildman–Crippen LogP) is 4.17. The molecule has 0 atom stereocenters. The van der Waals surface area contributed by atoms with E-state index in [0.29, 0.717) is 12.8 Å². The number of nitriles is 1. The van der Waals surface area contributed by atoms with Crippen LogP contribution in [0.15, 0.2) is 49.1 Å². The molecule has 0 heterocycles. The van der Waals surface area contributed by atoms with Gasteiger partial charge < -0.3 is 4.74 Å². The van der Waals surface area contributed by atoms with Gasteiger partial charge in [-0.15, -0.1) is 6.58 Å². The molecule has 5 heteroatoms. The Kier molecular flexibility index (Phi) is 5.21. The van der Waals surface area contributed by atoms with Gasteiger partial charge in [-0.1, -0.05) is 12.1 Å². The molecular weight excluding hydrogens is 300 g/mol. The summed E-state index contributed by atoms with van der Waals surface area (Å²) in [5, 5.41) is 8.66. The number of carbonyl (C=O) groups excluding carboxylic acids is 1. The number of allylic oxidation sites excluding steroid dienone is 1. The van der Waals surface area contributed by atoms with Crippen LogP contribution in [0.2, 0.25) is 0 Å². The number of benzene rings is 2. The fraction of sp³-hybridized carbons (Fsp3) is 0.111. The lowest BCUT2D eigenvalue weighted by Gasteiger charge is -2.07. The zero-order valence-electron chi connectivity index (χ0n) is 12.2. The third-order valence-electron chi connectivity index (χ3n) is 3.15. The fourth-order valence-corrected chi connectivity index (χ4v) is 1.96. The molecule has 0 amide bonds. The van der Waals surface area contributed by atoms with Gasteiger partial charge >= 0.3 is 5.97 Å². The average Bonchev–Trinajstić information content (AvgIpc) is 2.54. The van der Waals surface area contributed by atoms with Gasteiger partial charge in [-0.3, -0.25) is 0 Å². The first kappa shape index (κ1) is 16.4. The smallest absolute Gasteiger partial charge is 0.346 e. The molecule has 0 aliphatic heterocycles. The molecule has 0 aromatic heterocycles. The number of carbonyl (C=O) groups is 1. The minimum absolute atomic E-state index is 0.0973. The Morgan fingerprint density at radius 3 is 2.61 bits per heavy atom. The van der Waals surface area contributed by atoms with Crippen molar-refractivity contribution in [2.45, 2.75) is 12.8 Å². The Morgan fingerprint density at radius 1 is 1.22 bits per heavy atom. The van der Waals surface area contributed by atoms with Gasteiger partial charge in [0.15, 0.2) is 11.6 Å². The number of hydrogen-bond donors (Lipinski definition) is 0. The van der Waals surface area contributed by atoms with Gasteiger partial charge in [-0.25, -0.2) is 13.6 Å². The molecule has 2 aromatic carbocycles. The van der Waals surface area contributed by atoms with Crippen LogP contribution in [0.4, 0.5) is 8.78 Å². The first-order chi connectivity index (χ1) is 11.0. The summed E-state index contributed by atoms with van der Waals surface area (Å²) in [6, 6.07) is 9.33. The van der Waals surface area contributed by atoms with Crippen molar-refractivity contribution in [2.24, 2.45) is 0 Å². The minimum atomic E-state index is -0.999. The van der Waals surface area contributed by atoms with Crippen LogP contribution in [0.1, 0.15) is 27.9 Å². The fourth-order valence-electron chi connectivity index (χ4n) is 1.96. The van der Waals surface area contributed by atoms with Crippen LogP contribution in [-0.2, 0) is 6.42 Å². The van der Waals surface area contributed by atoms with Crippen molar-refractivity contribution in [2.75, 3.05) is 0 Å². The maximum atomic E-state index is 14.0. The highest BCUT2D eigenvalue weighted by Crippen LogP contribution is 2.21. The molecule has 0 saturated carbocycles. The van der Waals surface area contributed by atoms with Crippen LogP contribution in [0.25, 0.3) is 0 Å². The monoisotopic (exact) mass is 313 g/mol. The van der Waals surface area contributed by atoms with E-state index in [4.69, 9.17) is 10.00 Å². The Balaban J connectivity index is 2.18. The maximum Gasteiger partial charge on any atom is 0.346 e. The molecule has 0 aliphatic rings. The van der Waals surface area contributed by atoms with Gasteiger partial charge in [0.05, 0.1) is 17.2 Å². The van der Waals surface area contributed by atoms with Crippen molar-refractivity contribution >= 4 is 5.97 Å². The SMILES string of the molecule is C=CCCc1ccc(C(=O)Oc2ccc(C#N)cc2F)c(F)c1. The molecule has 0 unspecified atom stereocenters. The average molecular weight is 313 g/mol. The third kappa shape index (κ3) is 4.01. The molecule has 0 saturated heterocycles. The molecule has 0 N–H and O–H groups in total. The summed E-state index contributed by atoms with van der Waals surface area (Å²) in [7, 11) is 0. The van der Waals surface area contributed by atoms with E-state index in [1.165, 1.54) is 18.2 Å². The summed E-state index contributed by atoms with van der Waals surface area (Å²) in [5.74, 6) is -2.95. The van der Waals surface area contributed by atoms with Crippen molar-refractivity contribution in [3.05, 3.63) is 77.4 Å². The van der Waals surface area contributed by atoms with Crippen LogP contribution in [0, 0.1) is 23.0 Å². The highest BCUT2D eigenvalue weighted by Gasteiger charge is 2.16. The lowest BCUT2D eigenvalue weighted by atomic mass is 10.1. The van der Waals surface area contributed by atoms with Crippen molar-refractivity contribution in [1.82, 2.24) is 0 Å². The van der Waals surface area contributed by atoms with Crippen molar-refractivity contribution < 1.29 is 18.3 Å². The summed E-state index contributed by atoms with van der Waals surface area (Å²) in [4.78, 5) is 12.0. The molecule has 0 radical (unpaired) electrons. The summed E-state index contributed by atoms with van der Waals surface area (Å²) < 4.78 is 32.5. The zero-order chi connectivity index (χ0) is 16.8. The Hall–Kier alpha value is -3.00. The first-order valence-corrected chi connectivity index (χ1v) is 6.86. The molecule has 3 nitrogen and oxygen atoms in total. The number of aryl methyl sites for hydroxylation is 1. The van der Waals surface area contributed by atoms with Crippen LogP contribution >= 0.6 is 0 Å². The molecule has 2 aromatic rings. The largest absolute Gasteiger partial charge is 0.420 e.